The Hall–Kier alpha value is -0.420. The van der Waals surface area contributed by atoms with Crippen LogP contribution in [0.25, 0.3) is 0 Å². The molecule has 0 spiro atoms. The molecule has 2 fully saturated rings. The van der Waals surface area contributed by atoms with Gasteiger partial charge in [-0.25, -0.2) is 0 Å². The van der Waals surface area contributed by atoms with Gasteiger partial charge in [-0.1, -0.05) is 6.92 Å². The fourth-order valence-corrected chi connectivity index (χ4v) is 3.76. The highest BCUT2D eigenvalue weighted by Gasteiger charge is 2.25. The molecule has 0 bridgehead atoms. The third kappa shape index (κ3) is 5.92. The Labute approximate surface area is 127 Å². The van der Waals surface area contributed by atoms with Crippen molar-refractivity contribution < 1.29 is 4.74 Å². The number of nitrogens with one attached hydrogen (secondary N) is 2. The number of ether oxygens (including phenoxy) is 1. The minimum Gasteiger partial charge on any atom is -0.379 e. The van der Waals surface area contributed by atoms with Crippen LogP contribution in [-0.2, 0) is 4.74 Å². The van der Waals surface area contributed by atoms with Gasteiger partial charge < -0.3 is 15.4 Å². The van der Waals surface area contributed by atoms with Gasteiger partial charge in [0.2, 0.25) is 0 Å². The summed E-state index contributed by atoms with van der Waals surface area (Å²) in [5.74, 6) is 2.99. The monoisotopic (exact) mass is 299 g/mol. The van der Waals surface area contributed by atoms with Gasteiger partial charge >= 0.3 is 0 Å². The van der Waals surface area contributed by atoms with Gasteiger partial charge in [-0.2, -0.15) is 11.8 Å². The molecule has 0 aromatic carbocycles. The van der Waals surface area contributed by atoms with Crippen molar-refractivity contribution in [1.29, 1.82) is 0 Å². The van der Waals surface area contributed by atoms with Gasteiger partial charge in [0, 0.05) is 31.5 Å². The van der Waals surface area contributed by atoms with Crippen LogP contribution in [0.4, 0.5) is 0 Å². The molecule has 2 unspecified atom stereocenters. The second kappa shape index (κ2) is 8.78. The molecule has 0 saturated heterocycles. The zero-order chi connectivity index (χ0) is 14.2. The smallest absolute Gasteiger partial charge is 0.191 e. The Bertz CT molecular complexity index is 307. The lowest BCUT2D eigenvalue weighted by atomic mass is 10.2. The minimum atomic E-state index is 0.581. The molecule has 0 aromatic heterocycles. The molecular weight excluding hydrogens is 270 g/mol. The van der Waals surface area contributed by atoms with Crippen molar-refractivity contribution in [3.05, 3.63) is 0 Å². The number of rotatable bonds is 8. The quantitative estimate of drug-likeness (QED) is 0.410. The van der Waals surface area contributed by atoms with Gasteiger partial charge in [-0.15, -0.1) is 0 Å². The van der Waals surface area contributed by atoms with E-state index >= 15 is 0 Å². The Morgan fingerprint density at radius 1 is 1.30 bits per heavy atom. The summed E-state index contributed by atoms with van der Waals surface area (Å²) >= 11 is 2.09. The Kier molecular flexibility index (Phi) is 7.00. The average molecular weight is 299 g/mol. The van der Waals surface area contributed by atoms with Crippen LogP contribution < -0.4 is 10.6 Å². The number of hydrogen-bond acceptors (Lipinski definition) is 3. The molecule has 116 valence electrons. The summed E-state index contributed by atoms with van der Waals surface area (Å²) in [6, 6.07) is 0.581. The summed E-state index contributed by atoms with van der Waals surface area (Å²) in [5, 5.41) is 7.71. The van der Waals surface area contributed by atoms with Crippen molar-refractivity contribution in [3.63, 3.8) is 0 Å². The molecule has 5 heteroatoms. The largest absolute Gasteiger partial charge is 0.379 e. The Morgan fingerprint density at radius 2 is 2.15 bits per heavy atom. The zero-order valence-electron chi connectivity index (χ0n) is 12.9. The second-order valence-corrected chi connectivity index (χ2v) is 7.33. The number of hydrogen-bond donors (Lipinski definition) is 2. The fourth-order valence-electron chi connectivity index (χ4n) is 2.62. The van der Waals surface area contributed by atoms with E-state index in [0.717, 1.165) is 36.9 Å². The molecule has 2 aliphatic rings. The van der Waals surface area contributed by atoms with E-state index in [2.05, 4.69) is 34.3 Å². The lowest BCUT2D eigenvalue weighted by Crippen LogP contribution is -2.43. The summed E-state index contributed by atoms with van der Waals surface area (Å²) in [7, 11) is 1.84. The predicted octanol–water partition coefficient (Wildman–Crippen LogP) is 2.25. The van der Waals surface area contributed by atoms with Gasteiger partial charge in [0.1, 0.15) is 0 Å². The van der Waals surface area contributed by atoms with Gasteiger partial charge in [0.05, 0.1) is 6.61 Å². The molecule has 20 heavy (non-hydrogen) atoms. The minimum absolute atomic E-state index is 0.581. The third-order valence-electron chi connectivity index (χ3n) is 3.94. The van der Waals surface area contributed by atoms with Gasteiger partial charge in [0.25, 0.3) is 0 Å². The Balaban J connectivity index is 1.55. The van der Waals surface area contributed by atoms with Crippen molar-refractivity contribution in [3.8, 4) is 0 Å². The molecule has 0 amide bonds. The molecule has 2 atom stereocenters. The van der Waals surface area contributed by atoms with Crippen LogP contribution in [0.1, 0.15) is 39.0 Å². The molecule has 4 nitrogen and oxygen atoms in total. The van der Waals surface area contributed by atoms with Crippen molar-refractivity contribution in [2.75, 3.05) is 32.6 Å². The molecule has 0 radical (unpaired) electrons. The summed E-state index contributed by atoms with van der Waals surface area (Å²) in [6.45, 7) is 4.79. The lowest BCUT2D eigenvalue weighted by Gasteiger charge is -2.17. The highest BCUT2D eigenvalue weighted by atomic mass is 32.2. The molecule has 2 saturated carbocycles. The SMILES string of the molecule is CCSC1CCC(NC(=NC)NCCOCC2CC2)C1. The van der Waals surface area contributed by atoms with E-state index in [1.54, 1.807) is 0 Å². The van der Waals surface area contributed by atoms with Gasteiger partial charge in [-0.3, -0.25) is 4.99 Å². The van der Waals surface area contributed by atoms with Crippen LogP contribution in [0, 0.1) is 5.92 Å². The number of aliphatic imine (C=N–C) groups is 1. The lowest BCUT2D eigenvalue weighted by molar-refractivity contribution is 0.129. The maximum Gasteiger partial charge on any atom is 0.191 e. The van der Waals surface area contributed by atoms with E-state index in [9.17, 15) is 0 Å². The topological polar surface area (TPSA) is 45.7 Å². The predicted molar refractivity (Wildman–Crippen MR) is 87.6 cm³/mol. The van der Waals surface area contributed by atoms with E-state index in [-0.39, 0.29) is 0 Å². The van der Waals surface area contributed by atoms with E-state index in [1.807, 2.05) is 7.05 Å². The highest BCUT2D eigenvalue weighted by Crippen LogP contribution is 2.29. The number of guanidine groups is 1. The third-order valence-corrected chi connectivity index (χ3v) is 5.17. The molecule has 0 heterocycles. The first kappa shape index (κ1) is 16.0. The first-order valence-electron chi connectivity index (χ1n) is 7.98. The van der Waals surface area contributed by atoms with Gasteiger partial charge in [-0.05, 0) is 43.8 Å². The highest BCUT2D eigenvalue weighted by molar-refractivity contribution is 7.99. The van der Waals surface area contributed by atoms with E-state index in [4.69, 9.17) is 4.74 Å². The number of nitrogens with zero attached hydrogens (tertiary/aromatic N) is 1. The van der Waals surface area contributed by atoms with E-state index in [1.165, 1.54) is 37.9 Å². The van der Waals surface area contributed by atoms with Crippen molar-refractivity contribution in [2.24, 2.45) is 10.9 Å². The maximum atomic E-state index is 5.62. The summed E-state index contributed by atoms with van der Waals surface area (Å²) in [4.78, 5) is 4.30. The summed E-state index contributed by atoms with van der Waals surface area (Å²) in [6.07, 6.45) is 6.57. The molecule has 0 aromatic rings. The maximum absolute atomic E-state index is 5.62. The van der Waals surface area contributed by atoms with Crippen LogP contribution in [0.15, 0.2) is 4.99 Å². The van der Waals surface area contributed by atoms with Crippen LogP contribution in [0.2, 0.25) is 0 Å². The van der Waals surface area contributed by atoms with Crippen molar-refractivity contribution >= 4 is 17.7 Å². The fraction of sp³-hybridized carbons (Fsp3) is 0.933. The molecule has 0 aliphatic heterocycles. The van der Waals surface area contributed by atoms with Crippen molar-refractivity contribution in [2.45, 2.75) is 50.3 Å². The van der Waals surface area contributed by atoms with E-state index in [0.29, 0.717) is 6.04 Å². The van der Waals surface area contributed by atoms with E-state index < -0.39 is 0 Å². The second-order valence-electron chi connectivity index (χ2n) is 5.75. The van der Waals surface area contributed by atoms with Crippen LogP contribution in [-0.4, -0.2) is 49.8 Å². The van der Waals surface area contributed by atoms with Crippen LogP contribution in [0.3, 0.4) is 0 Å². The molecule has 2 aliphatic carbocycles. The number of thioether (sulfide) groups is 1. The summed E-state index contributed by atoms with van der Waals surface area (Å²) < 4.78 is 5.62. The Morgan fingerprint density at radius 3 is 2.85 bits per heavy atom. The summed E-state index contributed by atoms with van der Waals surface area (Å²) in [5.41, 5.74) is 0. The normalized spacial score (nSPS) is 26.8. The zero-order valence-corrected chi connectivity index (χ0v) is 13.7. The first-order valence-corrected chi connectivity index (χ1v) is 9.03. The average Bonchev–Trinajstić information content (AvgIpc) is 3.17. The molecular formula is C15H29N3OS. The van der Waals surface area contributed by atoms with Crippen LogP contribution >= 0.6 is 11.8 Å². The van der Waals surface area contributed by atoms with Gasteiger partial charge in [0.15, 0.2) is 5.96 Å². The van der Waals surface area contributed by atoms with Crippen LogP contribution in [0.5, 0.6) is 0 Å². The molecule has 2 N–H and O–H groups in total. The standard InChI is InChI=1S/C15H29N3OS/c1-3-20-14-7-6-13(10-14)18-15(16-2)17-8-9-19-11-12-4-5-12/h12-14H,3-11H2,1-2H3,(H2,16,17,18). The van der Waals surface area contributed by atoms with Crippen molar-refractivity contribution in [1.82, 2.24) is 10.6 Å². The first-order chi connectivity index (χ1) is 9.81. The molecule has 2 rings (SSSR count).